The lowest BCUT2D eigenvalue weighted by Crippen LogP contribution is -2.53. The van der Waals surface area contributed by atoms with Gasteiger partial charge in [-0.05, 0) is 39.7 Å². The fourth-order valence-electron chi connectivity index (χ4n) is 3.00. The maximum atomic E-state index is 13.6. The molecule has 1 aromatic heterocycles. The Morgan fingerprint density at radius 2 is 2.10 bits per heavy atom. The van der Waals surface area contributed by atoms with E-state index in [4.69, 9.17) is 16.3 Å². The van der Waals surface area contributed by atoms with Crippen LogP contribution in [0, 0.1) is 10.1 Å². The lowest BCUT2D eigenvalue weighted by Gasteiger charge is -2.34. The number of nitrogens with zero attached hydrogens (tertiary/aromatic N) is 2. The van der Waals surface area contributed by atoms with Crippen LogP contribution in [0.3, 0.4) is 0 Å². The van der Waals surface area contributed by atoms with Crippen molar-refractivity contribution in [1.82, 2.24) is 9.71 Å². The molecule has 0 bridgehead atoms. The highest BCUT2D eigenvalue weighted by atomic mass is 35.5. The summed E-state index contributed by atoms with van der Waals surface area (Å²) in [6, 6.07) is 0.876. The van der Waals surface area contributed by atoms with Crippen LogP contribution >= 0.6 is 11.6 Å². The molecule has 1 aliphatic heterocycles. The topological polar surface area (TPSA) is 121 Å². The third kappa shape index (κ3) is 5.08. The largest absolute Gasteiger partial charge is 0.598 e. The normalized spacial score (nSPS) is 21.7. The summed E-state index contributed by atoms with van der Waals surface area (Å²) in [5, 5.41) is 20.7. The van der Waals surface area contributed by atoms with Crippen molar-refractivity contribution in [3.05, 3.63) is 45.2 Å². The van der Waals surface area contributed by atoms with Gasteiger partial charge in [0.05, 0.1) is 5.69 Å². The van der Waals surface area contributed by atoms with Crippen molar-refractivity contribution in [3.8, 4) is 5.75 Å². The molecule has 174 valence electrons. The number of ether oxygens (including phenoxy) is 1. The summed E-state index contributed by atoms with van der Waals surface area (Å²) in [5.74, 6) is -0.0430. The number of rotatable bonds is 8. The Labute approximate surface area is 185 Å². The number of fused-ring (bicyclic) bond motifs is 1. The summed E-state index contributed by atoms with van der Waals surface area (Å²) in [4.78, 5) is 13.1. The number of pyridine rings is 1. The van der Waals surface area contributed by atoms with Gasteiger partial charge in [-0.1, -0.05) is 17.7 Å². The predicted molar refractivity (Wildman–Crippen MR) is 109 cm³/mol. The molecule has 0 saturated carbocycles. The second kappa shape index (κ2) is 8.74. The highest BCUT2D eigenvalue weighted by molar-refractivity contribution is 7.90. The van der Waals surface area contributed by atoms with Crippen molar-refractivity contribution in [2.24, 2.45) is 0 Å². The number of hydrogen-bond donors (Lipinski definition) is 2. The molecular weight excluding hydrogens is 463 g/mol. The first-order chi connectivity index (χ1) is 14.1. The van der Waals surface area contributed by atoms with Gasteiger partial charge in [0.1, 0.15) is 16.9 Å². The number of alkyl halides is 3. The molecule has 3 unspecified atom stereocenters. The molecule has 0 fully saturated rings. The third-order valence-corrected chi connectivity index (χ3v) is 6.72. The average molecular weight is 486 g/mol. The van der Waals surface area contributed by atoms with Gasteiger partial charge >= 0.3 is 6.18 Å². The molecular formula is C18H23ClF3N3O5S. The van der Waals surface area contributed by atoms with Crippen LogP contribution in [0.5, 0.6) is 5.75 Å². The van der Waals surface area contributed by atoms with E-state index in [1.807, 2.05) is 0 Å². The van der Waals surface area contributed by atoms with Crippen LogP contribution in [0.4, 0.5) is 13.2 Å². The Morgan fingerprint density at radius 3 is 2.58 bits per heavy atom. The predicted octanol–water partition coefficient (Wildman–Crippen LogP) is 3.37. The minimum absolute atomic E-state index is 0.0430. The molecule has 8 nitrogen and oxygen atoms in total. The van der Waals surface area contributed by atoms with E-state index in [-0.39, 0.29) is 24.3 Å². The van der Waals surface area contributed by atoms with Gasteiger partial charge in [-0.25, -0.2) is 4.98 Å². The average Bonchev–Trinajstić information content (AvgIpc) is 2.97. The second-order valence-corrected chi connectivity index (χ2v) is 10.5. The van der Waals surface area contributed by atoms with E-state index in [9.17, 15) is 32.9 Å². The standard InChI is InChI=1S/C18H23ClF3N3O5S/c1-5-6-7-16(24-31(29)15(2,3)4)10-30-13-11(16)8-12(23-14(13)19)17(26,9-25(27)28)18(20,21)22/h5,8,24,26H,1,6-7,9-10H2,2-4H3. The summed E-state index contributed by atoms with van der Waals surface area (Å²) in [6.45, 7) is 6.77. The van der Waals surface area contributed by atoms with E-state index in [0.717, 1.165) is 6.07 Å². The molecule has 3 atom stereocenters. The molecule has 0 amide bonds. The van der Waals surface area contributed by atoms with E-state index in [2.05, 4.69) is 16.3 Å². The molecule has 2 heterocycles. The summed E-state index contributed by atoms with van der Waals surface area (Å²) in [6.07, 6.45) is -3.23. The molecule has 0 spiro atoms. The van der Waals surface area contributed by atoms with Crippen molar-refractivity contribution in [2.45, 2.75) is 55.7 Å². The number of allylic oxidation sites excluding steroid dienone is 1. The molecule has 0 aromatic carbocycles. The number of aliphatic hydroxyl groups is 1. The fraction of sp³-hybridized carbons (Fsp3) is 0.611. The molecule has 2 rings (SSSR count). The summed E-state index contributed by atoms with van der Waals surface area (Å²) in [7, 11) is 0. The van der Waals surface area contributed by atoms with Gasteiger partial charge < -0.3 is 14.4 Å². The third-order valence-electron chi connectivity index (χ3n) is 4.78. The van der Waals surface area contributed by atoms with Crippen LogP contribution in [0.15, 0.2) is 18.7 Å². The number of aromatic nitrogens is 1. The first-order valence-electron chi connectivity index (χ1n) is 9.13. The van der Waals surface area contributed by atoms with Gasteiger partial charge in [0.2, 0.25) is 6.54 Å². The minimum Gasteiger partial charge on any atom is -0.598 e. The molecule has 1 aromatic rings. The van der Waals surface area contributed by atoms with Crippen molar-refractivity contribution in [1.29, 1.82) is 0 Å². The van der Waals surface area contributed by atoms with E-state index in [1.54, 1.807) is 26.8 Å². The maximum absolute atomic E-state index is 13.6. The second-order valence-electron chi connectivity index (χ2n) is 8.21. The molecule has 2 N–H and O–H groups in total. The number of halogens is 4. The lowest BCUT2D eigenvalue weighted by molar-refractivity contribution is -0.519. The van der Waals surface area contributed by atoms with Crippen LogP contribution in [0.2, 0.25) is 5.15 Å². The highest BCUT2D eigenvalue weighted by Gasteiger charge is 2.61. The van der Waals surface area contributed by atoms with E-state index in [0.29, 0.717) is 6.42 Å². The van der Waals surface area contributed by atoms with Crippen molar-refractivity contribution >= 4 is 23.0 Å². The van der Waals surface area contributed by atoms with Crippen molar-refractivity contribution < 1.29 is 32.5 Å². The monoisotopic (exact) mass is 485 g/mol. The molecule has 1 aliphatic rings. The SMILES string of the molecule is C=CCCC1(N[S+]([O-])C(C)(C)C)COc2c1cc(C(O)(C[N+](=O)[O-])C(F)(F)F)nc2Cl. The molecule has 0 radical (unpaired) electrons. The Kier molecular flexibility index (Phi) is 7.23. The van der Waals surface area contributed by atoms with Crippen molar-refractivity contribution in [3.63, 3.8) is 0 Å². The highest BCUT2D eigenvalue weighted by Crippen LogP contribution is 2.48. The van der Waals surface area contributed by atoms with Gasteiger partial charge in [0.15, 0.2) is 10.9 Å². The van der Waals surface area contributed by atoms with E-state index >= 15 is 0 Å². The van der Waals surface area contributed by atoms with Gasteiger partial charge in [-0.15, -0.1) is 11.3 Å². The zero-order valence-corrected chi connectivity index (χ0v) is 18.7. The van der Waals surface area contributed by atoms with E-state index in [1.165, 1.54) is 0 Å². The fourth-order valence-corrected chi connectivity index (χ4v) is 4.18. The summed E-state index contributed by atoms with van der Waals surface area (Å²) >= 11 is 4.39. The Morgan fingerprint density at radius 1 is 1.48 bits per heavy atom. The van der Waals surface area contributed by atoms with E-state index < -0.39 is 55.7 Å². The summed E-state index contributed by atoms with van der Waals surface area (Å²) < 4.78 is 61.5. The Hall–Kier alpha value is -1.60. The maximum Gasteiger partial charge on any atom is 0.429 e. The number of nitro groups is 1. The van der Waals surface area contributed by atoms with Crippen LogP contribution < -0.4 is 9.46 Å². The van der Waals surface area contributed by atoms with Crippen LogP contribution in [0.25, 0.3) is 0 Å². The Bertz CT molecular complexity index is 867. The van der Waals surface area contributed by atoms with Crippen molar-refractivity contribution in [2.75, 3.05) is 13.2 Å². The zero-order chi connectivity index (χ0) is 23.8. The Balaban J connectivity index is 2.69. The lowest BCUT2D eigenvalue weighted by atomic mass is 9.86. The molecule has 0 aliphatic carbocycles. The molecule has 0 saturated heterocycles. The van der Waals surface area contributed by atoms with Crippen LogP contribution in [-0.4, -0.2) is 43.6 Å². The quantitative estimate of drug-likeness (QED) is 0.190. The van der Waals surface area contributed by atoms with Crippen LogP contribution in [-0.2, 0) is 22.5 Å². The number of nitrogens with one attached hydrogen (secondary N) is 1. The van der Waals surface area contributed by atoms with Gasteiger partial charge in [0, 0.05) is 21.8 Å². The first-order valence-corrected chi connectivity index (χ1v) is 10.7. The summed E-state index contributed by atoms with van der Waals surface area (Å²) in [5.41, 5.74) is -6.10. The van der Waals surface area contributed by atoms with Gasteiger partial charge in [0.25, 0.3) is 5.60 Å². The minimum atomic E-state index is -5.41. The number of hydrogen-bond acceptors (Lipinski definition) is 7. The molecule has 31 heavy (non-hydrogen) atoms. The molecule has 13 heteroatoms. The van der Waals surface area contributed by atoms with Gasteiger partial charge in [-0.3, -0.25) is 10.1 Å². The zero-order valence-electron chi connectivity index (χ0n) is 17.1. The van der Waals surface area contributed by atoms with Crippen LogP contribution in [0.1, 0.15) is 44.9 Å². The smallest absolute Gasteiger partial charge is 0.429 e. The first kappa shape index (κ1) is 25.7. The van der Waals surface area contributed by atoms with Gasteiger partial charge in [-0.2, -0.15) is 13.2 Å².